The Morgan fingerprint density at radius 1 is 1.12 bits per heavy atom. The molecule has 2 aromatic rings. The highest BCUT2D eigenvalue weighted by Gasteiger charge is 2.27. The number of hydrogen-bond acceptors (Lipinski definition) is 4. The van der Waals surface area contributed by atoms with E-state index in [0.29, 0.717) is 30.8 Å². The van der Waals surface area contributed by atoms with Crippen LogP contribution in [-0.4, -0.2) is 44.0 Å². The molecule has 2 N–H and O–H groups in total. The van der Waals surface area contributed by atoms with Crippen LogP contribution in [-0.2, 0) is 10.0 Å². The molecule has 2 aromatic carbocycles. The van der Waals surface area contributed by atoms with Crippen molar-refractivity contribution in [1.29, 1.82) is 0 Å². The molecule has 0 bridgehead atoms. The molecule has 6 nitrogen and oxygen atoms in total. The Labute approximate surface area is 154 Å². The summed E-state index contributed by atoms with van der Waals surface area (Å²) in [6.45, 7) is 3.15. The Hall–Kier alpha value is -2.38. The SMILES string of the molecule is Cc1ccc(Nc2ccccc2C(=O)NCCN2CCCS2(=O)=O)cc1. The first-order chi connectivity index (χ1) is 12.5. The van der Waals surface area contributed by atoms with E-state index in [1.807, 2.05) is 43.3 Å². The number of sulfonamides is 1. The molecule has 7 heteroatoms. The number of hydrogen-bond donors (Lipinski definition) is 2. The number of nitrogens with one attached hydrogen (secondary N) is 2. The number of carbonyl (C=O) groups excluding carboxylic acids is 1. The number of carbonyl (C=O) groups is 1. The minimum Gasteiger partial charge on any atom is -0.355 e. The van der Waals surface area contributed by atoms with Gasteiger partial charge in [0, 0.05) is 25.3 Å². The number of rotatable bonds is 6. The lowest BCUT2D eigenvalue weighted by atomic mass is 10.1. The van der Waals surface area contributed by atoms with Crippen molar-refractivity contribution in [3.8, 4) is 0 Å². The molecule has 1 heterocycles. The summed E-state index contributed by atoms with van der Waals surface area (Å²) in [6.07, 6.45) is 0.652. The van der Waals surface area contributed by atoms with Crippen LogP contribution in [0.15, 0.2) is 48.5 Å². The van der Waals surface area contributed by atoms with Gasteiger partial charge < -0.3 is 10.6 Å². The predicted octanol–water partition coefficient (Wildman–Crippen LogP) is 2.50. The Morgan fingerprint density at radius 2 is 1.85 bits per heavy atom. The third-order valence-electron chi connectivity index (χ3n) is 4.35. The maximum atomic E-state index is 12.5. The largest absolute Gasteiger partial charge is 0.355 e. The lowest BCUT2D eigenvalue weighted by molar-refractivity contribution is 0.0952. The zero-order valence-corrected chi connectivity index (χ0v) is 15.6. The molecular formula is C19H23N3O3S. The van der Waals surface area contributed by atoms with Crippen LogP contribution in [0.2, 0.25) is 0 Å². The van der Waals surface area contributed by atoms with Crippen LogP contribution in [0.1, 0.15) is 22.3 Å². The Balaban J connectivity index is 1.63. The number of amides is 1. The van der Waals surface area contributed by atoms with E-state index in [4.69, 9.17) is 0 Å². The molecule has 0 aromatic heterocycles. The first kappa shape index (κ1) is 18.4. The minimum atomic E-state index is -3.13. The number of aryl methyl sites for hydroxylation is 1. The summed E-state index contributed by atoms with van der Waals surface area (Å²) in [7, 11) is -3.13. The highest BCUT2D eigenvalue weighted by atomic mass is 32.2. The van der Waals surface area contributed by atoms with E-state index in [0.717, 1.165) is 5.69 Å². The van der Waals surface area contributed by atoms with Crippen LogP contribution in [0.4, 0.5) is 11.4 Å². The van der Waals surface area contributed by atoms with Crippen LogP contribution in [0.5, 0.6) is 0 Å². The fourth-order valence-electron chi connectivity index (χ4n) is 2.91. The molecule has 138 valence electrons. The molecular weight excluding hydrogens is 350 g/mol. The van der Waals surface area contributed by atoms with E-state index in [-0.39, 0.29) is 18.2 Å². The van der Waals surface area contributed by atoms with Gasteiger partial charge in [0.05, 0.1) is 17.0 Å². The first-order valence-corrected chi connectivity index (χ1v) is 10.3. The van der Waals surface area contributed by atoms with Gasteiger partial charge in [0.1, 0.15) is 0 Å². The van der Waals surface area contributed by atoms with Crippen LogP contribution in [0, 0.1) is 6.92 Å². The summed E-state index contributed by atoms with van der Waals surface area (Å²) in [5.74, 6) is -0.0265. The maximum Gasteiger partial charge on any atom is 0.253 e. The molecule has 1 fully saturated rings. The fraction of sp³-hybridized carbons (Fsp3) is 0.316. The normalized spacial score (nSPS) is 16.3. The van der Waals surface area contributed by atoms with Crippen molar-refractivity contribution in [2.45, 2.75) is 13.3 Å². The minimum absolute atomic E-state index is 0.199. The molecule has 0 spiro atoms. The standard InChI is InChI=1S/C19H23N3O3S/c1-15-7-9-16(10-8-15)21-18-6-3-2-5-17(18)19(23)20-11-13-22-12-4-14-26(22,24)25/h2-3,5-10,21H,4,11-14H2,1H3,(H,20,23). The third-order valence-corrected chi connectivity index (χ3v) is 6.31. The number of anilines is 2. The van der Waals surface area contributed by atoms with Gasteiger partial charge in [-0.05, 0) is 37.6 Å². The second-order valence-electron chi connectivity index (χ2n) is 6.36. The fourth-order valence-corrected chi connectivity index (χ4v) is 4.44. The summed E-state index contributed by atoms with van der Waals surface area (Å²) in [5.41, 5.74) is 3.30. The predicted molar refractivity (Wildman–Crippen MR) is 103 cm³/mol. The van der Waals surface area contributed by atoms with Crippen molar-refractivity contribution in [3.63, 3.8) is 0 Å². The van der Waals surface area contributed by atoms with Crippen LogP contribution >= 0.6 is 0 Å². The van der Waals surface area contributed by atoms with Gasteiger partial charge in [-0.25, -0.2) is 12.7 Å². The van der Waals surface area contributed by atoms with Crippen molar-refractivity contribution in [3.05, 3.63) is 59.7 Å². The maximum absolute atomic E-state index is 12.5. The average molecular weight is 373 g/mol. The average Bonchev–Trinajstić information content (AvgIpc) is 2.96. The van der Waals surface area contributed by atoms with Crippen LogP contribution < -0.4 is 10.6 Å². The topological polar surface area (TPSA) is 78.5 Å². The Bertz CT molecular complexity index is 879. The molecule has 0 atom stereocenters. The van der Waals surface area contributed by atoms with Crippen LogP contribution in [0.25, 0.3) is 0 Å². The van der Waals surface area contributed by atoms with Gasteiger partial charge in [0.2, 0.25) is 10.0 Å². The smallest absolute Gasteiger partial charge is 0.253 e. The summed E-state index contributed by atoms with van der Waals surface area (Å²) < 4.78 is 25.0. The third kappa shape index (κ3) is 4.42. The van der Waals surface area contributed by atoms with Crippen molar-refractivity contribution in [1.82, 2.24) is 9.62 Å². The van der Waals surface area contributed by atoms with E-state index in [2.05, 4.69) is 10.6 Å². The second-order valence-corrected chi connectivity index (χ2v) is 8.45. The van der Waals surface area contributed by atoms with Gasteiger partial charge in [-0.15, -0.1) is 0 Å². The highest BCUT2D eigenvalue weighted by Crippen LogP contribution is 2.21. The molecule has 1 aliphatic rings. The number of nitrogens with zero attached hydrogens (tertiary/aromatic N) is 1. The molecule has 1 aliphatic heterocycles. The summed E-state index contributed by atoms with van der Waals surface area (Å²) in [5, 5.41) is 6.07. The molecule has 26 heavy (non-hydrogen) atoms. The van der Waals surface area contributed by atoms with E-state index >= 15 is 0 Å². The summed E-state index contributed by atoms with van der Waals surface area (Å²) in [6, 6.07) is 15.2. The van der Waals surface area contributed by atoms with Crippen LogP contribution in [0.3, 0.4) is 0 Å². The lowest BCUT2D eigenvalue weighted by Crippen LogP contribution is -2.36. The quantitative estimate of drug-likeness (QED) is 0.815. The van der Waals surface area contributed by atoms with E-state index in [1.54, 1.807) is 12.1 Å². The molecule has 3 rings (SSSR count). The molecule has 0 unspecified atom stereocenters. The highest BCUT2D eigenvalue weighted by molar-refractivity contribution is 7.89. The van der Waals surface area contributed by atoms with E-state index in [9.17, 15) is 13.2 Å². The zero-order chi connectivity index (χ0) is 18.6. The Morgan fingerprint density at radius 3 is 2.54 bits per heavy atom. The van der Waals surface area contributed by atoms with Gasteiger partial charge in [0.25, 0.3) is 5.91 Å². The van der Waals surface area contributed by atoms with Crippen molar-refractivity contribution in [2.75, 3.05) is 30.7 Å². The van der Waals surface area contributed by atoms with E-state index < -0.39 is 10.0 Å². The van der Waals surface area contributed by atoms with Gasteiger partial charge in [-0.2, -0.15) is 0 Å². The summed E-state index contributed by atoms with van der Waals surface area (Å²) in [4.78, 5) is 12.5. The second kappa shape index (κ2) is 7.88. The van der Waals surface area contributed by atoms with Gasteiger partial charge in [0.15, 0.2) is 0 Å². The van der Waals surface area contributed by atoms with Crippen molar-refractivity contribution >= 4 is 27.3 Å². The summed E-state index contributed by atoms with van der Waals surface area (Å²) >= 11 is 0. The lowest BCUT2D eigenvalue weighted by Gasteiger charge is -2.16. The molecule has 0 saturated carbocycles. The molecule has 1 saturated heterocycles. The Kier molecular flexibility index (Phi) is 5.58. The number of para-hydroxylation sites is 1. The number of benzene rings is 2. The molecule has 0 radical (unpaired) electrons. The van der Waals surface area contributed by atoms with Gasteiger partial charge in [-0.3, -0.25) is 4.79 Å². The van der Waals surface area contributed by atoms with Crippen molar-refractivity contribution < 1.29 is 13.2 Å². The first-order valence-electron chi connectivity index (χ1n) is 8.64. The van der Waals surface area contributed by atoms with E-state index in [1.165, 1.54) is 9.87 Å². The molecule has 0 aliphatic carbocycles. The monoisotopic (exact) mass is 373 g/mol. The van der Waals surface area contributed by atoms with Crippen molar-refractivity contribution in [2.24, 2.45) is 0 Å². The zero-order valence-electron chi connectivity index (χ0n) is 14.7. The van der Waals surface area contributed by atoms with Gasteiger partial charge >= 0.3 is 0 Å². The van der Waals surface area contributed by atoms with Gasteiger partial charge in [-0.1, -0.05) is 29.8 Å². The molecule has 1 amide bonds.